The van der Waals surface area contributed by atoms with Gasteiger partial charge in [-0.3, -0.25) is 4.98 Å². The third-order valence-electron chi connectivity index (χ3n) is 4.77. The van der Waals surface area contributed by atoms with Crippen molar-refractivity contribution in [1.29, 1.82) is 0 Å². The Balaban J connectivity index is 0.00000225. The van der Waals surface area contributed by atoms with Crippen LogP contribution in [-0.4, -0.2) is 27.7 Å². The van der Waals surface area contributed by atoms with Crippen LogP contribution in [-0.2, 0) is 7.05 Å². The van der Waals surface area contributed by atoms with Crippen LogP contribution >= 0.6 is 12.4 Å². The van der Waals surface area contributed by atoms with Gasteiger partial charge >= 0.3 is 5.97 Å². The first kappa shape index (κ1) is 19.5. The Morgan fingerprint density at radius 3 is 2.54 bits per heavy atom. The number of aromatic carboxylic acids is 1. The summed E-state index contributed by atoms with van der Waals surface area (Å²) in [5, 5.41) is 15.3. The number of carboxylic acid groups (broad SMARTS) is 1. The van der Waals surface area contributed by atoms with Crippen LogP contribution in [0.3, 0.4) is 0 Å². The first-order chi connectivity index (χ1) is 13.1. The summed E-state index contributed by atoms with van der Waals surface area (Å²) in [7, 11) is 3.61. The van der Waals surface area contributed by atoms with E-state index in [2.05, 4.69) is 10.3 Å². The largest absolute Gasteiger partial charge is 0.478 e. The van der Waals surface area contributed by atoms with Crippen LogP contribution in [0, 0.1) is 0 Å². The molecule has 0 bridgehead atoms. The average molecular weight is 394 g/mol. The van der Waals surface area contributed by atoms with Crippen LogP contribution < -0.4 is 5.32 Å². The molecule has 6 heteroatoms. The van der Waals surface area contributed by atoms with Crippen molar-refractivity contribution in [3.05, 3.63) is 71.5 Å². The summed E-state index contributed by atoms with van der Waals surface area (Å²) in [5.74, 6) is -0.356. The molecule has 0 unspecified atom stereocenters. The number of benzene rings is 2. The molecule has 0 saturated heterocycles. The minimum Gasteiger partial charge on any atom is -0.478 e. The lowest BCUT2D eigenvalue weighted by atomic mass is 10.1. The lowest BCUT2D eigenvalue weighted by molar-refractivity contribution is 0.0700. The second kappa shape index (κ2) is 7.74. The lowest BCUT2D eigenvalue weighted by Crippen LogP contribution is -2.03. The SMILES string of the molecule is CNc1c(C(=O)O)c2ccc3cnc(/C=C/c4ccccc4)cc3c2n1C.Cl. The highest BCUT2D eigenvalue weighted by atomic mass is 35.5. The number of anilines is 1. The van der Waals surface area contributed by atoms with Crippen molar-refractivity contribution < 1.29 is 9.90 Å². The molecule has 2 N–H and O–H groups in total. The summed E-state index contributed by atoms with van der Waals surface area (Å²) < 4.78 is 1.89. The third-order valence-corrected chi connectivity index (χ3v) is 4.77. The molecule has 0 radical (unpaired) electrons. The number of nitrogens with zero attached hydrogens (tertiary/aromatic N) is 2. The number of carbonyl (C=O) groups is 1. The standard InChI is InChI=1S/C22H19N3O2.ClH/c1-23-21-19(22(26)27)17-11-9-15-13-24-16(12-18(15)20(17)25(21)2)10-8-14-6-4-3-5-7-14;/h3-13,23H,1-2H3,(H,26,27);1H/b10-8+;. The number of hydrogen-bond acceptors (Lipinski definition) is 3. The number of halogens is 1. The maximum absolute atomic E-state index is 11.8. The molecule has 0 atom stereocenters. The molecule has 0 aliphatic carbocycles. The fourth-order valence-electron chi connectivity index (χ4n) is 3.53. The number of fused-ring (bicyclic) bond motifs is 3. The molecule has 0 aliphatic heterocycles. The van der Waals surface area contributed by atoms with Gasteiger partial charge in [0.2, 0.25) is 0 Å². The van der Waals surface area contributed by atoms with Crippen molar-refractivity contribution in [3.63, 3.8) is 0 Å². The average Bonchev–Trinajstić information content (AvgIpc) is 2.99. The summed E-state index contributed by atoms with van der Waals surface area (Å²) in [6.07, 6.45) is 5.81. The molecule has 0 saturated carbocycles. The van der Waals surface area contributed by atoms with Gasteiger partial charge in [-0.15, -0.1) is 12.4 Å². The van der Waals surface area contributed by atoms with Crippen molar-refractivity contribution >= 4 is 58.0 Å². The molecule has 2 aromatic heterocycles. The van der Waals surface area contributed by atoms with E-state index in [-0.39, 0.29) is 18.0 Å². The van der Waals surface area contributed by atoms with Crippen molar-refractivity contribution in [2.75, 3.05) is 12.4 Å². The number of carboxylic acids is 1. The van der Waals surface area contributed by atoms with Crippen LogP contribution in [0.15, 0.2) is 54.7 Å². The monoisotopic (exact) mass is 393 g/mol. The van der Waals surface area contributed by atoms with Gasteiger partial charge in [0.25, 0.3) is 0 Å². The molecule has 142 valence electrons. The van der Waals surface area contributed by atoms with Gasteiger partial charge in [0, 0.05) is 36.5 Å². The zero-order chi connectivity index (χ0) is 19.0. The fourth-order valence-corrected chi connectivity index (χ4v) is 3.53. The quantitative estimate of drug-likeness (QED) is 0.508. The van der Waals surface area contributed by atoms with Crippen LogP contribution in [0.4, 0.5) is 5.82 Å². The summed E-state index contributed by atoms with van der Waals surface area (Å²) in [6.45, 7) is 0. The minimum absolute atomic E-state index is 0. The van der Waals surface area contributed by atoms with E-state index >= 15 is 0 Å². The van der Waals surface area contributed by atoms with E-state index in [9.17, 15) is 9.90 Å². The highest BCUT2D eigenvalue weighted by molar-refractivity contribution is 6.16. The molecule has 28 heavy (non-hydrogen) atoms. The summed E-state index contributed by atoms with van der Waals surface area (Å²) in [5.41, 5.74) is 3.09. The predicted octanol–water partition coefficient (Wildman–Crippen LogP) is 5.06. The van der Waals surface area contributed by atoms with Gasteiger partial charge < -0.3 is 15.0 Å². The third kappa shape index (κ3) is 3.21. The Bertz CT molecular complexity index is 1200. The van der Waals surface area contributed by atoms with Crippen LogP contribution in [0.5, 0.6) is 0 Å². The topological polar surface area (TPSA) is 67.2 Å². The first-order valence-electron chi connectivity index (χ1n) is 8.65. The maximum atomic E-state index is 11.8. The molecule has 5 nitrogen and oxygen atoms in total. The van der Waals surface area contributed by atoms with Gasteiger partial charge in [-0.1, -0.05) is 48.5 Å². The molecule has 0 spiro atoms. The molecule has 2 heterocycles. The van der Waals surface area contributed by atoms with Crippen molar-refractivity contribution in [3.8, 4) is 0 Å². The van der Waals surface area contributed by atoms with E-state index in [1.165, 1.54) is 0 Å². The molecule has 0 amide bonds. The molecule has 4 aromatic rings. The normalized spacial score (nSPS) is 11.1. The molecule has 0 aliphatic rings. The fraction of sp³-hybridized carbons (Fsp3) is 0.0909. The number of hydrogen-bond donors (Lipinski definition) is 2. The van der Waals surface area contributed by atoms with E-state index in [1.54, 1.807) is 7.05 Å². The number of rotatable bonds is 4. The molecular weight excluding hydrogens is 374 g/mol. The van der Waals surface area contributed by atoms with Crippen molar-refractivity contribution in [2.24, 2.45) is 7.05 Å². The number of aromatic nitrogens is 2. The lowest BCUT2D eigenvalue weighted by Gasteiger charge is -2.06. The zero-order valence-electron chi connectivity index (χ0n) is 15.5. The highest BCUT2D eigenvalue weighted by Gasteiger charge is 2.21. The van der Waals surface area contributed by atoms with Gasteiger partial charge in [-0.05, 0) is 17.7 Å². The van der Waals surface area contributed by atoms with Crippen LogP contribution in [0.25, 0.3) is 33.8 Å². The van der Waals surface area contributed by atoms with Gasteiger partial charge in [0.1, 0.15) is 11.4 Å². The van der Waals surface area contributed by atoms with Gasteiger partial charge in [-0.25, -0.2) is 4.79 Å². The second-order valence-corrected chi connectivity index (χ2v) is 6.37. The zero-order valence-corrected chi connectivity index (χ0v) is 16.3. The Morgan fingerprint density at radius 2 is 1.86 bits per heavy atom. The molecule has 0 fully saturated rings. The molecule has 2 aromatic carbocycles. The van der Waals surface area contributed by atoms with E-state index in [0.29, 0.717) is 11.2 Å². The summed E-state index contributed by atoms with van der Waals surface area (Å²) in [4.78, 5) is 16.3. The van der Waals surface area contributed by atoms with Crippen molar-refractivity contribution in [1.82, 2.24) is 9.55 Å². The van der Waals surface area contributed by atoms with Gasteiger partial charge in [0.05, 0.1) is 11.2 Å². The maximum Gasteiger partial charge on any atom is 0.340 e. The van der Waals surface area contributed by atoms with Crippen LogP contribution in [0.2, 0.25) is 0 Å². The highest BCUT2D eigenvalue weighted by Crippen LogP contribution is 2.34. The second-order valence-electron chi connectivity index (χ2n) is 6.37. The molecular formula is C22H20ClN3O2. The Hall–Kier alpha value is -3.31. The smallest absolute Gasteiger partial charge is 0.340 e. The minimum atomic E-state index is -0.942. The van der Waals surface area contributed by atoms with Crippen LogP contribution in [0.1, 0.15) is 21.6 Å². The Morgan fingerprint density at radius 1 is 1.11 bits per heavy atom. The van der Waals surface area contributed by atoms with E-state index in [1.807, 2.05) is 78.5 Å². The van der Waals surface area contributed by atoms with Crippen molar-refractivity contribution in [2.45, 2.75) is 0 Å². The first-order valence-corrected chi connectivity index (χ1v) is 8.65. The van der Waals surface area contributed by atoms with Gasteiger partial charge in [-0.2, -0.15) is 0 Å². The summed E-state index contributed by atoms with van der Waals surface area (Å²) >= 11 is 0. The number of aryl methyl sites for hydroxylation is 1. The number of pyridine rings is 1. The molecule has 4 rings (SSSR count). The Kier molecular flexibility index (Phi) is 5.38. The van der Waals surface area contributed by atoms with Gasteiger partial charge in [0.15, 0.2) is 0 Å². The van der Waals surface area contributed by atoms with E-state index < -0.39 is 5.97 Å². The Labute approximate surface area is 168 Å². The number of nitrogens with one attached hydrogen (secondary N) is 1. The van der Waals surface area contributed by atoms with E-state index in [0.717, 1.165) is 27.5 Å². The predicted molar refractivity (Wildman–Crippen MR) is 117 cm³/mol. The summed E-state index contributed by atoms with van der Waals surface area (Å²) in [6, 6.07) is 15.8. The van der Waals surface area contributed by atoms with E-state index in [4.69, 9.17) is 0 Å².